The van der Waals surface area contributed by atoms with Crippen LogP contribution in [0.2, 0.25) is 36.3 Å². The summed E-state index contributed by atoms with van der Waals surface area (Å²) in [4.78, 5) is 0. The zero-order chi connectivity index (χ0) is 37.1. The van der Waals surface area contributed by atoms with Crippen LogP contribution in [0.5, 0.6) is 0 Å². The summed E-state index contributed by atoms with van der Waals surface area (Å²) < 4.78 is 25.4. The summed E-state index contributed by atoms with van der Waals surface area (Å²) in [6, 6.07) is 0. The Morgan fingerprint density at radius 3 is 1.98 bits per heavy atom. The van der Waals surface area contributed by atoms with E-state index in [1.54, 1.807) is 12.7 Å². The third-order valence-electron chi connectivity index (χ3n) is 13.3. The minimum atomic E-state index is -2.07. The van der Waals surface area contributed by atoms with Gasteiger partial charge in [0.25, 0.3) is 0 Å². The Morgan fingerprint density at radius 2 is 1.47 bits per heavy atom. The summed E-state index contributed by atoms with van der Waals surface area (Å²) in [6.07, 6.45) is 20.7. The van der Waals surface area contributed by atoms with Crippen molar-refractivity contribution in [3.8, 4) is 0 Å². The van der Waals surface area contributed by atoms with Gasteiger partial charge >= 0.3 is 0 Å². The summed E-state index contributed by atoms with van der Waals surface area (Å²) in [5, 5.41) is 10.4. The Labute approximate surface area is 304 Å². The van der Waals surface area contributed by atoms with Crippen LogP contribution in [0.1, 0.15) is 121 Å². The van der Waals surface area contributed by atoms with Crippen LogP contribution in [0.25, 0.3) is 0 Å². The number of hydrogen-bond donors (Lipinski definition) is 1. The number of fused-ring (bicyclic) bond motifs is 1. The van der Waals surface area contributed by atoms with Gasteiger partial charge < -0.3 is 23.4 Å². The lowest BCUT2D eigenvalue weighted by Gasteiger charge is -2.46. The quantitative estimate of drug-likeness (QED) is 0.117. The normalized spacial score (nSPS) is 29.1. The molecule has 0 aromatic rings. The van der Waals surface area contributed by atoms with E-state index in [0.717, 1.165) is 24.8 Å². The second kappa shape index (κ2) is 16.5. The molecule has 0 amide bonds. The van der Waals surface area contributed by atoms with Gasteiger partial charge in [-0.3, -0.25) is 0 Å². The van der Waals surface area contributed by atoms with Crippen molar-refractivity contribution >= 4 is 16.6 Å². The third kappa shape index (κ3) is 10.6. The van der Waals surface area contributed by atoms with Crippen molar-refractivity contribution in [3.63, 3.8) is 0 Å². The molecule has 3 saturated carbocycles. The molecule has 3 rings (SSSR count). The monoisotopic (exact) mass is 717 g/mol. The summed E-state index contributed by atoms with van der Waals surface area (Å²) in [5.41, 5.74) is 4.34. The molecule has 1 N–H and O–H groups in total. The lowest BCUT2D eigenvalue weighted by Crippen LogP contribution is -2.50. The molecule has 3 fully saturated rings. The van der Waals surface area contributed by atoms with Crippen LogP contribution in [0.3, 0.4) is 0 Å². The van der Waals surface area contributed by atoms with Crippen LogP contribution < -0.4 is 0 Å². The van der Waals surface area contributed by atoms with E-state index in [9.17, 15) is 5.11 Å². The van der Waals surface area contributed by atoms with Crippen LogP contribution in [0.4, 0.5) is 0 Å². The highest BCUT2D eigenvalue weighted by Crippen LogP contribution is 2.59. The Balaban J connectivity index is 1.90. The predicted octanol–water partition coefficient (Wildman–Crippen LogP) is 11.5. The summed E-state index contributed by atoms with van der Waals surface area (Å²) in [5.74, 6) is 1.88. The van der Waals surface area contributed by atoms with Gasteiger partial charge in [0.05, 0.1) is 24.4 Å². The van der Waals surface area contributed by atoms with Gasteiger partial charge in [0.2, 0.25) is 0 Å². The number of hydrogen-bond acceptors (Lipinski definition) is 5. The Bertz CT molecular complexity index is 1170. The van der Waals surface area contributed by atoms with Crippen molar-refractivity contribution in [1.29, 1.82) is 0 Å². The van der Waals surface area contributed by atoms with Crippen molar-refractivity contribution in [2.24, 2.45) is 23.2 Å². The molecular formula is C42H76O5Si2. The molecule has 0 spiro atoms. The number of methoxy groups -OCH3 is 1. The molecule has 0 radical (unpaired) electrons. The van der Waals surface area contributed by atoms with Crippen LogP contribution in [0.15, 0.2) is 47.1 Å². The first-order chi connectivity index (χ1) is 22.5. The maximum atomic E-state index is 10.2. The highest BCUT2D eigenvalue weighted by Gasteiger charge is 2.50. The summed E-state index contributed by atoms with van der Waals surface area (Å²) in [6.45, 7) is 32.9. The van der Waals surface area contributed by atoms with E-state index in [4.69, 9.17) is 18.3 Å². The van der Waals surface area contributed by atoms with E-state index in [0.29, 0.717) is 30.0 Å². The minimum Gasteiger partial charge on any atom is -0.410 e. The fourth-order valence-electron chi connectivity index (χ4n) is 8.14. The van der Waals surface area contributed by atoms with Gasteiger partial charge in [0.1, 0.15) is 6.79 Å². The fourth-order valence-corrected chi connectivity index (χ4v) is 10.7. The van der Waals surface area contributed by atoms with Gasteiger partial charge in [-0.2, -0.15) is 0 Å². The zero-order valence-corrected chi connectivity index (χ0v) is 36.4. The van der Waals surface area contributed by atoms with Crippen molar-refractivity contribution in [2.75, 3.05) is 20.5 Å². The van der Waals surface area contributed by atoms with E-state index in [1.165, 1.54) is 37.7 Å². The van der Waals surface area contributed by atoms with Crippen LogP contribution >= 0.6 is 0 Å². The first-order valence-electron chi connectivity index (χ1n) is 19.3. The number of rotatable bonds is 13. The van der Waals surface area contributed by atoms with Crippen molar-refractivity contribution in [3.05, 3.63) is 47.1 Å². The Kier molecular flexibility index (Phi) is 14.3. The molecule has 6 atom stereocenters. The van der Waals surface area contributed by atoms with Crippen LogP contribution in [0, 0.1) is 23.2 Å². The smallest absolute Gasteiger partial charge is 0.192 e. The third-order valence-corrected chi connectivity index (χ3v) is 22.2. The highest BCUT2D eigenvalue weighted by molar-refractivity contribution is 6.74. The molecule has 282 valence electrons. The SMILES string of the molecule is COCOC(C)(C)C/C=C/[C@@H](C)C1CCC2/C(=C/C=C3C[C@@H](O[Si](C)(C)C(C)(C)C)C(=CCO)[C@H](O[Si](C)(C)C(C)(C)C)C3)CCCC21C. The van der Waals surface area contributed by atoms with Crippen molar-refractivity contribution in [2.45, 2.75) is 175 Å². The topological polar surface area (TPSA) is 57.2 Å². The Hall–Kier alpha value is -0.806. The zero-order valence-electron chi connectivity index (χ0n) is 34.4. The number of aliphatic hydroxyl groups is 1. The van der Waals surface area contributed by atoms with Crippen molar-refractivity contribution in [1.82, 2.24) is 0 Å². The van der Waals surface area contributed by atoms with Gasteiger partial charge in [-0.1, -0.05) is 96.9 Å². The van der Waals surface area contributed by atoms with Gasteiger partial charge in [-0.05, 0) is 130 Å². The largest absolute Gasteiger partial charge is 0.410 e. The minimum absolute atomic E-state index is 0.0154. The van der Waals surface area contributed by atoms with Crippen LogP contribution in [-0.2, 0) is 18.3 Å². The maximum Gasteiger partial charge on any atom is 0.192 e. The van der Waals surface area contributed by atoms with Gasteiger partial charge in [0.15, 0.2) is 16.6 Å². The van der Waals surface area contributed by atoms with Crippen LogP contribution in [-0.4, -0.2) is 60.1 Å². The number of aliphatic hydroxyl groups excluding tert-OH is 1. The summed E-state index contributed by atoms with van der Waals surface area (Å²) in [7, 11) is -2.47. The number of ether oxygens (including phenoxy) is 2. The predicted molar refractivity (Wildman–Crippen MR) is 213 cm³/mol. The fraction of sp³-hybridized carbons (Fsp3) is 0.810. The first-order valence-corrected chi connectivity index (χ1v) is 25.1. The number of allylic oxidation sites excluding steroid dienone is 4. The lowest BCUT2D eigenvalue weighted by molar-refractivity contribution is -0.112. The average molecular weight is 717 g/mol. The molecule has 3 unspecified atom stereocenters. The second-order valence-electron chi connectivity index (χ2n) is 19.5. The molecule has 0 aliphatic heterocycles. The molecule has 0 saturated heterocycles. The van der Waals surface area contributed by atoms with E-state index in [-0.39, 0.29) is 34.5 Å². The second-order valence-corrected chi connectivity index (χ2v) is 29.0. The maximum absolute atomic E-state index is 10.2. The van der Waals surface area contributed by atoms with Gasteiger partial charge in [0, 0.05) is 7.11 Å². The average Bonchev–Trinajstić information content (AvgIpc) is 3.32. The van der Waals surface area contributed by atoms with Crippen molar-refractivity contribution < 1.29 is 23.4 Å². The molecule has 3 aliphatic rings. The van der Waals surface area contributed by atoms with E-state index >= 15 is 0 Å². The lowest BCUT2D eigenvalue weighted by atomic mass is 9.61. The molecule has 49 heavy (non-hydrogen) atoms. The molecule has 5 nitrogen and oxygen atoms in total. The first kappa shape index (κ1) is 42.6. The van der Waals surface area contributed by atoms with Gasteiger partial charge in [-0.15, -0.1) is 0 Å². The molecule has 0 heterocycles. The van der Waals surface area contributed by atoms with Gasteiger partial charge in [-0.25, -0.2) is 0 Å². The van der Waals surface area contributed by atoms with E-state index in [1.807, 2.05) is 6.08 Å². The highest BCUT2D eigenvalue weighted by atomic mass is 28.4. The van der Waals surface area contributed by atoms with E-state index < -0.39 is 16.6 Å². The molecular weight excluding hydrogens is 641 g/mol. The molecule has 0 aromatic heterocycles. The molecule has 0 bridgehead atoms. The molecule has 7 heteroatoms. The summed E-state index contributed by atoms with van der Waals surface area (Å²) >= 11 is 0. The molecule has 0 aromatic carbocycles. The van der Waals surface area contributed by atoms with E-state index in [2.05, 4.69) is 120 Å². The standard InChI is InChI=1S/C42H76O5Si2/c1-31(18-16-25-41(8,9)45-30-44-11)35-22-23-36-33(19-17-26-42(35,36)10)21-20-32-28-37(46-48(12,13)39(2,3)4)34(24-27-43)38(29-32)47-49(14,15)40(5,6)7/h16,18,20-21,24,31,35-38,43H,17,19,22-23,25-30H2,1-15H3/b18-16+,32-20?,33-21+,34-24?/t31-,35?,36?,37-,38-,42?/m1/s1. The Morgan fingerprint density at radius 1 is 0.898 bits per heavy atom. The molecule has 3 aliphatic carbocycles.